The van der Waals surface area contributed by atoms with Crippen molar-refractivity contribution in [3.05, 3.63) is 60.2 Å². The van der Waals surface area contributed by atoms with Crippen molar-refractivity contribution in [2.24, 2.45) is 4.99 Å². The summed E-state index contributed by atoms with van der Waals surface area (Å²) in [6.07, 6.45) is 9.84. The number of aliphatic imine (C=N–C) groups is 1. The summed E-state index contributed by atoms with van der Waals surface area (Å²) in [5, 5.41) is 23.7. The molecule has 1 amide bonds. The molecule has 194 valence electrons. The third-order valence-corrected chi connectivity index (χ3v) is 7.28. The molecule has 1 aromatic carbocycles. The third-order valence-electron chi connectivity index (χ3n) is 6.33. The number of amidine groups is 1. The van der Waals surface area contributed by atoms with Crippen molar-refractivity contribution < 1.29 is 18.3 Å². The Morgan fingerprint density at radius 1 is 1.19 bits per heavy atom. The minimum atomic E-state index is -3.16. The Morgan fingerprint density at radius 3 is 2.46 bits per heavy atom. The molecule has 0 aliphatic heterocycles. The molecule has 37 heavy (non-hydrogen) atoms. The van der Waals surface area contributed by atoms with E-state index in [2.05, 4.69) is 25.4 Å². The van der Waals surface area contributed by atoms with Crippen molar-refractivity contribution in [3.8, 4) is 11.1 Å². The molecule has 2 aromatic heterocycles. The first-order valence-electron chi connectivity index (χ1n) is 11.6. The van der Waals surface area contributed by atoms with Crippen LogP contribution in [0.3, 0.4) is 0 Å². The number of nitrogen functional groups attached to an aromatic ring is 1. The molecule has 0 unspecified atom stereocenters. The van der Waals surface area contributed by atoms with Gasteiger partial charge in [0.2, 0.25) is 11.9 Å². The fraction of sp³-hybridized carbons (Fsp3) is 0.333. The Labute approximate surface area is 214 Å². The molecule has 1 aliphatic carbocycles. The van der Waals surface area contributed by atoms with Crippen molar-refractivity contribution in [1.29, 1.82) is 5.41 Å². The van der Waals surface area contributed by atoms with Gasteiger partial charge in [-0.05, 0) is 24.0 Å². The maximum absolute atomic E-state index is 12.0. The van der Waals surface area contributed by atoms with Gasteiger partial charge in [-0.3, -0.25) is 14.9 Å². The molecule has 2 heterocycles. The van der Waals surface area contributed by atoms with Crippen LogP contribution in [0, 0.1) is 5.41 Å². The Morgan fingerprint density at radius 2 is 1.86 bits per heavy atom. The largest absolute Gasteiger partial charge is 0.578 e. The van der Waals surface area contributed by atoms with Crippen molar-refractivity contribution in [1.82, 2.24) is 25.1 Å². The first kappa shape index (κ1) is 25.9. The number of nitrogens with two attached hydrogens (primary N) is 1. The zero-order chi connectivity index (χ0) is 26.6. The van der Waals surface area contributed by atoms with E-state index in [-0.39, 0.29) is 36.5 Å². The summed E-state index contributed by atoms with van der Waals surface area (Å²) < 4.78 is 23.7. The number of carbonyl (C=O) groups is 1. The van der Waals surface area contributed by atoms with Gasteiger partial charge in [0, 0.05) is 37.0 Å². The van der Waals surface area contributed by atoms with Gasteiger partial charge in [-0.1, -0.05) is 30.7 Å². The van der Waals surface area contributed by atoms with Crippen LogP contribution in [0.1, 0.15) is 30.4 Å². The summed E-state index contributed by atoms with van der Waals surface area (Å²) in [5.41, 5.74) is 8.12. The average molecular weight is 526 g/mol. The molecule has 12 nitrogen and oxygen atoms in total. The Bertz CT molecular complexity index is 1430. The molecule has 6 N–H and O–H groups in total. The Balaban J connectivity index is 1.43. The van der Waals surface area contributed by atoms with Crippen molar-refractivity contribution >= 4 is 33.4 Å². The average Bonchev–Trinajstić information content (AvgIpc) is 3.27. The predicted molar refractivity (Wildman–Crippen MR) is 140 cm³/mol. The van der Waals surface area contributed by atoms with E-state index in [0.717, 1.165) is 42.2 Å². The summed E-state index contributed by atoms with van der Waals surface area (Å²) >= 11 is 0. The quantitative estimate of drug-likeness (QED) is 0.207. The number of nitrogens with one attached hydrogen (secondary N) is 2. The molecule has 3 aromatic rings. The summed E-state index contributed by atoms with van der Waals surface area (Å²) in [7, 11) is -3.16. The smallest absolute Gasteiger partial charge is 0.369 e. The van der Waals surface area contributed by atoms with E-state index in [1.54, 1.807) is 12.4 Å². The molecule has 0 spiro atoms. The topological polar surface area (TPSA) is 192 Å². The number of benzene rings is 1. The van der Waals surface area contributed by atoms with E-state index in [1.807, 2.05) is 24.3 Å². The SMILES string of the molecule is CS(=O)(=O)CCNC(=O)Cn1cc(C([OH2+])=NC(=N)C2(c3ccc(-c4cnc(N)nc4)cc3)CCC2)cn1. The molecular weight excluding hydrogens is 496 g/mol. The van der Waals surface area contributed by atoms with Crippen LogP contribution >= 0.6 is 0 Å². The maximum atomic E-state index is 12.0. The second-order valence-corrected chi connectivity index (χ2v) is 11.3. The van der Waals surface area contributed by atoms with Crippen molar-refractivity contribution in [2.45, 2.75) is 31.2 Å². The lowest BCUT2D eigenvalue weighted by Gasteiger charge is -2.41. The lowest BCUT2D eigenvalue weighted by molar-refractivity contribution is -0.121. The summed E-state index contributed by atoms with van der Waals surface area (Å²) in [6.45, 7) is -0.102. The van der Waals surface area contributed by atoms with Gasteiger partial charge in [0.15, 0.2) is 0 Å². The lowest BCUT2D eigenvalue weighted by atomic mass is 9.63. The molecule has 0 bridgehead atoms. The number of carbonyl (C=O) groups excluding carboxylic acids is 1. The van der Waals surface area contributed by atoms with Gasteiger partial charge in [0.05, 0.1) is 17.4 Å². The van der Waals surface area contributed by atoms with Gasteiger partial charge in [-0.15, -0.1) is 4.99 Å². The van der Waals surface area contributed by atoms with Crippen LogP contribution in [0.5, 0.6) is 0 Å². The molecule has 0 atom stereocenters. The number of nitrogens with zero attached hydrogens (tertiary/aromatic N) is 5. The maximum Gasteiger partial charge on any atom is 0.369 e. The predicted octanol–water partition coefficient (Wildman–Crippen LogP) is 0.653. The van der Waals surface area contributed by atoms with Gasteiger partial charge in [-0.2, -0.15) is 5.10 Å². The molecule has 0 saturated heterocycles. The highest BCUT2D eigenvalue weighted by Crippen LogP contribution is 2.45. The standard InChI is InChI=1S/C24H28N8O4S/c1-37(35,36)10-9-27-20(33)15-32-14-18(13-30-32)21(34)31-22(25)24(7-2-8-24)19-5-3-16(4-6-19)17-11-28-23(26)29-12-17/h3-6,11-14H,2,7-10,15H2,1H3,(H,27,33)(H2,25,31,34)(H2,26,28,29)/p+1. The highest BCUT2D eigenvalue weighted by molar-refractivity contribution is 7.90. The molecular formula is C24H29N8O4S+. The first-order chi connectivity index (χ1) is 17.6. The van der Waals surface area contributed by atoms with Crippen LogP contribution in [0.25, 0.3) is 11.1 Å². The normalized spacial score (nSPS) is 15.1. The molecule has 1 aliphatic rings. The minimum Gasteiger partial charge on any atom is -0.578 e. The molecule has 13 heteroatoms. The highest BCUT2D eigenvalue weighted by Gasteiger charge is 2.43. The summed E-state index contributed by atoms with van der Waals surface area (Å²) in [6, 6.07) is 7.85. The summed E-state index contributed by atoms with van der Waals surface area (Å²) in [4.78, 5) is 24.4. The zero-order valence-corrected chi connectivity index (χ0v) is 21.1. The van der Waals surface area contributed by atoms with Crippen molar-refractivity contribution in [3.63, 3.8) is 0 Å². The van der Waals surface area contributed by atoms with Gasteiger partial charge >= 0.3 is 5.90 Å². The van der Waals surface area contributed by atoms with Crippen LogP contribution < -0.4 is 11.1 Å². The fourth-order valence-electron chi connectivity index (χ4n) is 4.10. The Kier molecular flexibility index (Phi) is 7.34. The van der Waals surface area contributed by atoms with Gasteiger partial charge in [0.25, 0.3) is 0 Å². The van der Waals surface area contributed by atoms with Crippen molar-refractivity contribution in [2.75, 3.05) is 24.3 Å². The van der Waals surface area contributed by atoms with E-state index in [0.29, 0.717) is 5.56 Å². The van der Waals surface area contributed by atoms with Crippen LogP contribution in [0.4, 0.5) is 5.95 Å². The number of aromatic nitrogens is 4. The minimum absolute atomic E-state index is 0.0188. The second kappa shape index (κ2) is 10.5. The van der Waals surface area contributed by atoms with Crippen LogP contribution in [-0.2, 0) is 26.6 Å². The molecule has 4 rings (SSSR count). The van der Waals surface area contributed by atoms with Gasteiger partial charge in [-0.25, -0.2) is 18.4 Å². The number of amides is 1. The molecule has 0 radical (unpaired) electrons. The van der Waals surface area contributed by atoms with E-state index >= 15 is 0 Å². The molecule has 1 fully saturated rings. The Hall–Kier alpha value is -4.13. The van der Waals surface area contributed by atoms with Gasteiger partial charge < -0.3 is 16.2 Å². The van der Waals surface area contributed by atoms with E-state index in [9.17, 15) is 13.2 Å². The number of sulfone groups is 1. The van der Waals surface area contributed by atoms with Crippen LogP contribution in [0.15, 0.2) is 54.0 Å². The van der Waals surface area contributed by atoms with E-state index in [4.69, 9.17) is 16.2 Å². The number of hydrogen-bond donors (Lipinski definition) is 3. The van der Waals surface area contributed by atoms with E-state index < -0.39 is 21.2 Å². The monoisotopic (exact) mass is 525 g/mol. The summed E-state index contributed by atoms with van der Waals surface area (Å²) in [5.74, 6) is -0.328. The zero-order valence-electron chi connectivity index (χ0n) is 20.3. The number of hydrogen-bond acceptors (Lipinski definition) is 8. The highest BCUT2D eigenvalue weighted by atomic mass is 32.2. The lowest BCUT2D eigenvalue weighted by Crippen LogP contribution is -2.41. The number of anilines is 1. The number of rotatable bonds is 9. The second-order valence-electron chi connectivity index (χ2n) is 9.06. The van der Waals surface area contributed by atoms with Gasteiger partial charge in [0.1, 0.15) is 27.8 Å². The fourth-order valence-corrected chi connectivity index (χ4v) is 4.57. The van der Waals surface area contributed by atoms with Crippen LogP contribution in [-0.4, -0.2) is 69.5 Å². The van der Waals surface area contributed by atoms with E-state index in [1.165, 1.54) is 17.1 Å². The first-order valence-corrected chi connectivity index (χ1v) is 13.7. The third kappa shape index (κ3) is 6.17. The molecule has 1 saturated carbocycles. The van der Waals surface area contributed by atoms with Crippen LogP contribution in [0.2, 0.25) is 0 Å².